The van der Waals surface area contributed by atoms with Gasteiger partial charge in [0.05, 0.1) is 23.4 Å². The van der Waals surface area contributed by atoms with E-state index in [9.17, 15) is 29.1 Å². The fourth-order valence-electron chi connectivity index (χ4n) is 4.02. The van der Waals surface area contributed by atoms with Crippen LogP contribution in [0.15, 0.2) is 36.4 Å². The average Bonchev–Trinajstić information content (AvgIpc) is 3.07. The van der Waals surface area contributed by atoms with E-state index in [0.717, 1.165) is 4.90 Å². The van der Waals surface area contributed by atoms with Crippen molar-refractivity contribution in [2.45, 2.75) is 32.0 Å². The van der Waals surface area contributed by atoms with Gasteiger partial charge in [-0.2, -0.15) is 0 Å². The number of benzene rings is 2. The molecule has 1 saturated heterocycles. The van der Waals surface area contributed by atoms with Crippen LogP contribution in [0.3, 0.4) is 0 Å². The summed E-state index contributed by atoms with van der Waals surface area (Å²) in [5.74, 6) is 2.53. The van der Waals surface area contributed by atoms with Gasteiger partial charge in [0.2, 0.25) is 11.8 Å². The lowest BCUT2D eigenvalue weighted by Crippen LogP contribution is -2.54. The summed E-state index contributed by atoms with van der Waals surface area (Å²) < 4.78 is 0. The van der Waals surface area contributed by atoms with Gasteiger partial charge in [-0.25, -0.2) is 0 Å². The SMILES string of the molecule is NNc1ccc(C(=O)NCc2cccc3c2C(=O)N(C2CCC(=O)NC2=O)C3=O)cc1CO. The third-order valence-corrected chi connectivity index (χ3v) is 5.69. The Kier molecular flexibility index (Phi) is 5.90. The Morgan fingerprint density at radius 1 is 1.12 bits per heavy atom. The molecule has 4 rings (SSSR count). The number of rotatable bonds is 6. The van der Waals surface area contributed by atoms with Crippen LogP contribution in [0.25, 0.3) is 0 Å². The zero-order valence-corrected chi connectivity index (χ0v) is 17.4. The van der Waals surface area contributed by atoms with Crippen LogP contribution >= 0.6 is 0 Å². The summed E-state index contributed by atoms with van der Waals surface area (Å²) >= 11 is 0. The Morgan fingerprint density at radius 2 is 1.91 bits per heavy atom. The van der Waals surface area contributed by atoms with E-state index in [4.69, 9.17) is 5.84 Å². The molecule has 11 nitrogen and oxygen atoms in total. The number of aliphatic hydroxyl groups excluding tert-OH is 1. The van der Waals surface area contributed by atoms with Gasteiger partial charge in [-0.05, 0) is 36.2 Å². The quantitative estimate of drug-likeness (QED) is 0.228. The molecule has 1 atom stereocenters. The number of anilines is 1. The van der Waals surface area contributed by atoms with Crippen molar-refractivity contribution in [2.24, 2.45) is 5.84 Å². The maximum atomic E-state index is 13.1. The first-order chi connectivity index (χ1) is 15.8. The van der Waals surface area contributed by atoms with Gasteiger partial charge in [-0.3, -0.25) is 40.0 Å². The van der Waals surface area contributed by atoms with Gasteiger partial charge in [0.1, 0.15) is 6.04 Å². The summed E-state index contributed by atoms with van der Waals surface area (Å²) in [5.41, 5.74) is 4.29. The molecule has 2 aromatic carbocycles. The van der Waals surface area contributed by atoms with Crippen molar-refractivity contribution in [1.29, 1.82) is 0 Å². The number of imide groups is 2. The number of carbonyl (C=O) groups is 5. The molecule has 0 radical (unpaired) electrons. The second kappa shape index (κ2) is 8.81. The largest absolute Gasteiger partial charge is 0.392 e. The molecule has 2 aromatic rings. The third kappa shape index (κ3) is 3.95. The van der Waals surface area contributed by atoms with E-state index in [1.807, 2.05) is 0 Å². The lowest BCUT2D eigenvalue weighted by molar-refractivity contribution is -0.136. The highest BCUT2D eigenvalue weighted by Crippen LogP contribution is 2.30. The zero-order valence-electron chi connectivity index (χ0n) is 17.4. The van der Waals surface area contributed by atoms with Gasteiger partial charge in [-0.1, -0.05) is 12.1 Å². The van der Waals surface area contributed by atoms with Crippen LogP contribution in [0.2, 0.25) is 0 Å². The molecule has 2 aliphatic rings. The number of fused-ring (bicyclic) bond motifs is 1. The molecule has 0 bridgehead atoms. The number of hydrogen-bond acceptors (Lipinski definition) is 8. The number of carbonyl (C=O) groups excluding carboxylic acids is 5. The van der Waals surface area contributed by atoms with E-state index < -0.39 is 35.6 Å². The van der Waals surface area contributed by atoms with Crippen molar-refractivity contribution in [1.82, 2.24) is 15.5 Å². The highest BCUT2D eigenvalue weighted by atomic mass is 16.3. The fraction of sp³-hybridized carbons (Fsp3) is 0.227. The topological polar surface area (TPSA) is 171 Å². The Bertz CT molecular complexity index is 1190. The Labute approximate surface area is 187 Å². The molecule has 2 aliphatic heterocycles. The number of nitrogen functional groups attached to an aromatic ring is 1. The Morgan fingerprint density at radius 3 is 2.61 bits per heavy atom. The van der Waals surface area contributed by atoms with Crippen LogP contribution in [0, 0.1) is 0 Å². The van der Waals surface area contributed by atoms with E-state index in [1.54, 1.807) is 18.2 Å². The highest BCUT2D eigenvalue weighted by molar-refractivity contribution is 6.24. The number of hydrazine groups is 1. The maximum absolute atomic E-state index is 13.1. The molecule has 5 amide bonds. The zero-order chi connectivity index (χ0) is 23.7. The summed E-state index contributed by atoms with van der Waals surface area (Å²) in [6, 6.07) is 8.19. The van der Waals surface area contributed by atoms with Crippen molar-refractivity contribution in [3.63, 3.8) is 0 Å². The smallest absolute Gasteiger partial charge is 0.262 e. The predicted molar refractivity (Wildman–Crippen MR) is 114 cm³/mol. The first-order valence-electron chi connectivity index (χ1n) is 10.2. The lowest BCUT2D eigenvalue weighted by Gasteiger charge is -2.27. The van der Waals surface area contributed by atoms with Gasteiger partial charge < -0.3 is 15.8 Å². The second-order valence-corrected chi connectivity index (χ2v) is 7.64. The van der Waals surface area contributed by atoms with Crippen molar-refractivity contribution in [2.75, 3.05) is 5.43 Å². The van der Waals surface area contributed by atoms with Crippen molar-refractivity contribution < 1.29 is 29.1 Å². The lowest BCUT2D eigenvalue weighted by atomic mass is 10.0. The summed E-state index contributed by atoms with van der Waals surface area (Å²) in [4.78, 5) is 63.1. The first kappa shape index (κ1) is 22.1. The minimum Gasteiger partial charge on any atom is -0.392 e. The van der Waals surface area contributed by atoms with Crippen LogP contribution in [0.4, 0.5) is 5.69 Å². The van der Waals surface area contributed by atoms with Crippen LogP contribution in [-0.2, 0) is 22.7 Å². The number of amides is 5. The van der Waals surface area contributed by atoms with Gasteiger partial charge in [0, 0.05) is 24.1 Å². The van der Waals surface area contributed by atoms with E-state index in [0.29, 0.717) is 16.8 Å². The molecular formula is C22H21N5O6. The van der Waals surface area contributed by atoms with Gasteiger partial charge >= 0.3 is 0 Å². The first-order valence-corrected chi connectivity index (χ1v) is 10.2. The van der Waals surface area contributed by atoms with E-state index in [2.05, 4.69) is 16.1 Å². The maximum Gasteiger partial charge on any atom is 0.262 e. The summed E-state index contributed by atoms with van der Waals surface area (Å²) in [7, 11) is 0. The van der Waals surface area contributed by atoms with Crippen LogP contribution in [0.5, 0.6) is 0 Å². The standard InChI is InChI=1S/C22H21N5O6/c23-26-15-5-4-11(8-13(15)10-28)19(30)24-9-12-2-1-3-14-18(12)22(33)27(21(14)32)16-6-7-17(29)25-20(16)31/h1-5,8,16,26,28H,6-7,9-10,23H2,(H,24,30)(H,25,29,31). The summed E-state index contributed by atoms with van der Waals surface area (Å²) in [5, 5.41) is 14.3. The van der Waals surface area contributed by atoms with E-state index in [-0.39, 0.29) is 42.7 Å². The molecule has 1 fully saturated rings. The minimum atomic E-state index is -1.07. The second-order valence-electron chi connectivity index (χ2n) is 7.64. The summed E-state index contributed by atoms with van der Waals surface area (Å²) in [6.45, 7) is -0.366. The molecule has 0 saturated carbocycles. The number of nitrogens with zero attached hydrogens (tertiary/aromatic N) is 1. The van der Waals surface area contributed by atoms with E-state index >= 15 is 0 Å². The molecule has 170 valence electrons. The van der Waals surface area contributed by atoms with Crippen molar-refractivity contribution >= 4 is 35.2 Å². The average molecular weight is 451 g/mol. The van der Waals surface area contributed by atoms with Crippen LogP contribution in [-0.4, -0.2) is 45.6 Å². The van der Waals surface area contributed by atoms with Crippen molar-refractivity contribution in [3.8, 4) is 0 Å². The fourth-order valence-corrected chi connectivity index (χ4v) is 4.02. The number of aliphatic hydroxyl groups is 1. The Balaban J connectivity index is 1.54. The highest BCUT2D eigenvalue weighted by Gasteiger charge is 2.45. The molecule has 33 heavy (non-hydrogen) atoms. The number of hydrogen-bond donors (Lipinski definition) is 5. The number of piperidine rings is 1. The van der Waals surface area contributed by atoms with Gasteiger partial charge in [0.15, 0.2) is 0 Å². The normalized spacial score (nSPS) is 17.6. The van der Waals surface area contributed by atoms with Crippen LogP contribution < -0.4 is 21.9 Å². The Hall–Kier alpha value is -4.09. The van der Waals surface area contributed by atoms with Gasteiger partial charge in [-0.15, -0.1) is 0 Å². The molecule has 2 heterocycles. The number of nitrogens with two attached hydrogens (primary N) is 1. The molecule has 1 unspecified atom stereocenters. The van der Waals surface area contributed by atoms with E-state index in [1.165, 1.54) is 18.2 Å². The summed E-state index contributed by atoms with van der Waals surface area (Å²) in [6.07, 6.45) is 0.0874. The molecule has 0 aliphatic carbocycles. The molecule has 0 aromatic heterocycles. The molecule has 6 N–H and O–H groups in total. The van der Waals surface area contributed by atoms with Crippen LogP contribution in [0.1, 0.15) is 55.0 Å². The number of nitrogens with one attached hydrogen (secondary N) is 3. The minimum absolute atomic E-state index is 0.0288. The molecule has 0 spiro atoms. The molecular weight excluding hydrogens is 430 g/mol. The molecule has 11 heteroatoms. The predicted octanol–water partition coefficient (Wildman–Crippen LogP) is -0.204. The van der Waals surface area contributed by atoms with Gasteiger partial charge in [0.25, 0.3) is 17.7 Å². The monoisotopic (exact) mass is 451 g/mol. The third-order valence-electron chi connectivity index (χ3n) is 5.69. The van der Waals surface area contributed by atoms with Crippen molar-refractivity contribution in [3.05, 3.63) is 64.2 Å².